The molecule has 0 aliphatic rings. The number of halogens is 1. The summed E-state index contributed by atoms with van der Waals surface area (Å²) >= 11 is 1.40. The highest BCUT2D eigenvalue weighted by molar-refractivity contribution is 7.11. The van der Waals surface area contributed by atoms with Crippen LogP contribution in [0.15, 0.2) is 77.0 Å². The third kappa shape index (κ3) is 4.46. The van der Waals surface area contributed by atoms with Gasteiger partial charge in [-0.15, -0.1) is 0 Å². The van der Waals surface area contributed by atoms with Gasteiger partial charge in [0.05, 0.1) is 36.6 Å². The Kier molecular flexibility index (Phi) is 7.10. The number of benzene rings is 2. The standard InChI is InChI=1S/C25H20N4O2S.CH3F/c1-31-25-28-21(14-32-25)20-13-27-24(30)19-11-18(16-5-3-2-4-6-16)22(29-23(19)20)17-9-7-15(12-26)8-10-17;1-2/h2-11,13-14H,12,26H2,1H3,(H,27,30);1H3. The van der Waals surface area contributed by atoms with Crippen molar-refractivity contribution in [1.82, 2.24) is 15.0 Å². The molecule has 0 saturated carbocycles. The molecule has 8 heteroatoms. The zero-order chi connectivity index (χ0) is 24.1. The van der Waals surface area contributed by atoms with Crippen molar-refractivity contribution in [1.29, 1.82) is 0 Å². The van der Waals surface area contributed by atoms with E-state index in [2.05, 4.69) is 9.97 Å². The first-order valence-electron chi connectivity index (χ1n) is 10.5. The number of aromatic amines is 1. The van der Waals surface area contributed by atoms with E-state index in [1.807, 2.05) is 66.0 Å². The minimum absolute atomic E-state index is 0.194. The highest BCUT2D eigenvalue weighted by Crippen LogP contribution is 2.36. The Balaban J connectivity index is 0.00000133. The predicted octanol–water partition coefficient (Wildman–Crippen LogP) is 5.43. The molecule has 0 radical (unpaired) electrons. The van der Waals surface area contributed by atoms with Crippen molar-refractivity contribution in [2.24, 2.45) is 5.73 Å². The summed E-state index contributed by atoms with van der Waals surface area (Å²) in [6.45, 7) is 0.474. The smallest absolute Gasteiger partial charge is 0.273 e. The van der Waals surface area contributed by atoms with Gasteiger partial charge in [0.15, 0.2) is 0 Å². The molecule has 0 saturated heterocycles. The number of hydrogen-bond acceptors (Lipinski definition) is 6. The molecule has 0 aliphatic heterocycles. The first-order valence-corrected chi connectivity index (χ1v) is 11.3. The number of thiazole rings is 1. The van der Waals surface area contributed by atoms with Crippen LogP contribution in [-0.4, -0.2) is 29.2 Å². The molecule has 3 aromatic heterocycles. The van der Waals surface area contributed by atoms with Gasteiger partial charge < -0.3 is 15.5 Å². The SMILES string of the molecule is CF.COc1nc(-c2c[nH]c(=O)c3cc(-c4ccccc4)c(-c4ccc(CN)cc4)nc23)cs1. The molecule has 5 aromatic rings. The summed E-state index contributed by atoms with van der Waals surface area (Å²) in [5, 5.41) is 2.96. The van der Waals surface area contributed by atoms with Crippen molar-refractivity contribution in [3.8, 4) is 38.8 Å². The Labute approximate surface area is 199 Å². The van der Waals surface area contributed by atoms with E-state index >= 15 is 0 Å². The number of aromatic nitrogens is 3. The van der Waals surface area contributed by atoms with Gasteiger partial charge >= 0.3 is 0 Å². The van der Waals surface area contributed by atoms with Crippen LogP contribution in [0.25, 0.3) is 44.5 Å². The summed E-state index contributed by atoms with van der Waals surface area (Å²) in [7, 11) is 2.08. The molecule has 0 aliphatic carbocycles. The summed E-state index contributed by atoms with van der Waals surface area (Å²) in [5.74, 6) is 0. The molecule has 3 N–H and O–H groups in total. The van der Waals surface area contributed by atoms with E-state index in [9.17, 15) is 9.18 Å². The monoisotopic (exact) mass is 474 g/mol. The highest BCUT2D eigenvalue weighted by Gasteiger charge is 2.17. The molecular weight excluding hydrogens is 451 g/mol. The van der Waals surface area contributed by atoms with E-state index in [-0.39, 0.29) is 5.56 Å². The molecule has 0 amide bonds. The van der Waals surface area contributed by atoms with Crippen LogP contribution in [0, 0.1) is 0 Å². The molecular formula is C26H23FN4O2S. The summed E-state index contributed by atoms with van der Waals surface area (Å²) in [6.07, 6.45) is 1.66. The number of nitrogens with one attached hydrogen (secondary N) is 1. The second-order valence-corrected chi connectivity index (χ2v) is 8.10. The van der Waals surface area contributed by atoms with Gasteiger partial charge in [-0.2, -0.15) is 0 Å². The summed E-state index contributed by atoms with van der Waals surface area (Å²) in [5.41, 5.74) is 12.3. The van der Waals surface area contributed by atoms with Gasteiger partial charge in [-0.25, -0.2) is 9.97 Å². The van der Waals surface area contributed by atoms with Crippen molar-refractivity contribution in [3.63, 3.8) is 0 Å². The number of nitrogens with two attached hydrogens (primary N) is 1. The van der Waals surface area contributed by atoms with Gasteiger partial charge in [-0.1, -0.05) is 65.9 Å². The number of ether oxygens (including phenoxy) is 1. The van der Waals surface area contributed by atoms with Gasteiger partial charge in [0, 0.05) is 34.8 Å². The topological polar surface area (TPSA) is 93.9 Å². The number of H-pyrrole nitrogens is 1. The van der Waals surface area contributed by atoms with Crippen LogP contribution >= 0.6 is 11.3 Å². The fraction of sp³-hybridized carbons (Fsp3) is 0.115. The molecule has 0 unspecified atom stereocenters. The Morgan fingerprint density at radius 2 is 1.74 bits per heavy atom. The Hall–Kier alpha value is -3.88. The van der Waals surface area contributed by atoms with Crippen LogP contribution in [-0.2, 0) is 6.54 Å². The average molecular weight is 475 g/mol. The van der Waals surface area contributed by atoms with E-state index in [1.165, 1.54) is 11.3 Å². The van der Waals surface area contributed by atoms with Crippen LogP contribution in [0.2, 0.25) is 0 Å². The molecule has 0 bridgehead atoms. The van der Waals surface area contributed by atoms with Crippen LogP contribution in [0.3, 0.4) is 0 Å². The van der Waals surface area contributed by atoms with E-state index in [0.29, 0.717) is 35.5 Å². The van der Waals surface area contributed by atoms with E-state index in [0.717, 1.165) is 33.5 Å². The minimum atomic E-state index is -0.194. The summed E-state index contributed by atoms with van der Waals surface area (Å²) < 4.78 is 14.7. The lowest BCUT2D eigenvalue weighted by molar-refractivity contribution is 0.412. The van der Waals surface area contributed by atoms with E-state index in [1.54, 1.807) is 13.3 Å². The minimum Gasteiger partial charge on any atom is -0.473 e. The van der Waals surface area contributed by atoms with Gasteiger partial charge in [0.25, 0.3) is 10.8 Å². The van der Waals surface area contributed by atoms with Gasteiger partial charge in [-0.05, 0) is 17.2 Å². The number of alkyl halides is 1. The number of methoxy groups -OCH3 is 1. The lowest BCUT2D eigenvalue weighted by Crippen LogP contribution is -2.08. The van der Waals surface area contributed by atoms with E-state index < -0.39 is 0 Å². The van der Waals surface area contributed by atoms with Crippen LogP contribution in [0.4, 0.5) is 4.39 Å². The first kappa shape index (κ1) is 23.3. The van der Waals surface area contributed by atoms with Crippen molar-refractivity contribution in [2.45, 2.75) is 6.54 Å². The van der Waals surface area contributed by atoms with Gasteiger partial charge in [0.1, 0.15) is 0 Å². The largest absolute Gasteiger partial charge is 0.473 e. The third-order valence-electron chi connectivity index (χ3n) is 5.35. The number of hydrogen-bond donors (Lipinski definition) is 2. The second-order valence-electron chi connectivity index (χ2n) is 7.28. The third-order valence-corrected chi connectivity index (χ3v) is 6.15. The van der Waals surface area contributed by atoms with Crippen LogP contribution < -0.4 is 16.0 Å². The molecule has 5 rings (SSSR count). The molecule has 0 spiro atoms. The Bertz CT molecular complexity index is 1460. The van der Waals surface area contributed by atoms with Crippen LogP contribution in [0.1, 0.15) is 5.56 Å². The molecule has 0 atom stereocenters. The van der Waals surface area contributed by atoms with Gasteiger partial charge in [0.2, 0.25) is 0 Å². The zero-order valence-electron chi connectivity index (χ0n) is 18.7. The first-order chi connectivity index (χ1) is 16.7. The normalized spacial score (nSPS) is 10.6. The predicted molar refractivity (Wildman–Crippen MR) is 136 cm³/mol. The maximum Gasteiger partial charge on any atom is 0.273 e. The van der Waals surface area contributed by atoms with Crippen molar-refractivity contribution in [2.75, 3.05) is 14.3 Å². The van der Waals surface area contributed by atoms with Crippen molar-refractivity contribution >= 4 is 22.2 Å². The van der Waals surface area contributed by atoms with Crippen molar-refractivity contribution in [3.05, 3.63) is 88.2 Å². The average Bonchev–Trinajstić information content (AvgIpc) is 3.39. The maximum atomic E-state index is 12.8. The molecule has 3 heterocycles. The molecule has 172 valence electrons. The second kappa shape index (κ2) is 10.4. The molecule has 0 fully saturated rings. The van der Waals surface area contributed by atoms with E-state index in [4.69, 9.17) is 15.5 Å². The fourth-order valence-electron chi connectivity index (χ4n) is 3.70. The number of fused-ring (bicyclic) bond motifs is 1. The Morgan fingerprint density at radius 1 is 1.00 bits per heavy atom. The maximum absolute atomic E-state index is 12.8. The molecule has 2 aromatic carbocycles. The lowest BCUT2D eigenvalue weighted by atomic mass is 9.96. The number of pyridine rings is 2. The zero-order valence-corrected chi connectivity index (χ0v) is 19.5. The molecule has 34 heavy (non-hydrogen) atoms. The summed E-state index contributed by atoms with van der Waals surface area (Å²) in [4.78, 5) is 25.1. The lowest BCUT2D eigenvalue weighted by Gasteiger charge is -2.13. The molecule has 6 nitrogen and oxygen atoms in total. The number of rotatable bonds is 5. The Morgan fingerprint density at radius 3 is 2.38 bits per heavy atom. The van der Waals surface area contributed by atoms with Gasteiger partial charge in [-0.3, -0.25) is 9.18 Å². The highest BCUT2D eigenvalue weighted by atomic mass is 32.1. The quantitative estimate of drug-likeness (QED) is 0.354. The van der Waals surface area contributed by atoms with Crippen molar-refractivity contribution < 1.29 is 9.13 Å². The van der Waals surface area contributed by atoms with Crippen LogP contribution in [0.5, 0.6) is 5.19 Å². The number of nitrogens with zero attached hydrogens (tertiary/aromatic N) is 2. The fourth-order valence-corrected chi connectivity index (χ4v) is 4.34. The summed E-state index contributed by atoms with van der Waals surface area (Å²) in [6, 6.07) is 19.9.